The van der Waals surface area contributed by atoms with Gasteiger partial charge in [0.25, 0.3) is 5.91 Å². The summed E-state index contributed by atoms with van der Waals surface area (Å²) in [6, 6.07) is 14.0. The van der Waals surface area contributed by atoms with Gasteiger partial charge in [0, 0.05) is 45.5 Å². The molecule has 1 amide bonds. The number of benzene rings is 1. The Morgan fingerprint density at radius 3 is 2.48 bits per heavy atom. The van der Waals surface area contributed by atoms with Crippen molar-refractivity contribution in [2.75, 3.05) is 32.7 Å². The van der Waals surface area contributed by atoms with Gasteiger partial charge in [0.1, 0.15) is 0 Å². The molecule has 2 aliphatic heterocycles. The maximum atomic E-state index is 12.9. The number of aryl methyl sites for hydroxylation is 1. The van der Waals surface area contributed by atoms with Crippen molar-refractivity contribution in [3.63, 3.8) is 0 Å². The first kappa shape index (κ1) is 19.9. The van der Waals surface area contributed by atoms with E-state index in [1.807, 2.05) is 4.90 Å². The Hall–Kier alpha value is -2.40. The molecule has 5 nitrogen and oxygen atoms in total. The molecule has 2 aliphatic rings. The second-order valence-corrected chi connectivity index (χ2v) is 8.80. The first-order valence-electron chi connectivity index (χ1n) is 10.7. The average Bonchev–Trinajstić information content (AvgIpc) is 2.76. The van der Waals surface area contributed by atoms with E-state index >= 15 is 0 Å². The van der Waals surface area contributed by atoms with Crippen LogP contribution in [0.5, 0.6) is 0 Å². The fourth-order valence-corrected chi connectivity index (χ4v) is 5.14. The van der Waals surface area contributed by atoms with E-state index in [9.17, 15) is 9.59 Å². The highest BCUT2D eigenvalue weighted by molar-refractivity contribution is 5.94. The van der Waals surface area contributed by atoms with Crippen LogP contribution >= 0.6 is 0 Å². The number of carbonyl (C=O) groups is 1. The minimum Gasteiger partial charge on any atom is -0.339 e. The minimum atomic E-state index is -0.0898. The van der Waals surface area contributed by atoms with Gasteiger partial charge in [-0.25, -0.2) is 0 Å². The Morgan fingerprint density at radius 1 is 1.10 bits per heavy atom. The summed E-state index contributed by atoms with van der Waals surface area (Å²) in [7, 11) is 1.69. The van der Waals surface area contributed by atoms with Gasteiger partial charge in [-0.2, -0.15) is 0 Å². The second kappa shape index (κ2) is 8.15. The van der Waals surface area contributed by atoms with Gasteiger partial charge < -0.3 is 14.4 Å². The SMILES string of the molecule is CCN1C[C@H](c2ccccc2)CC2(CCN(C(=O)c3ccc(=O)n(C)c3)CC2)C1. The zero-order valence-electron chi connectivity index (χ0n) is 17.5. The molecule has 5 heteroatoms. The highest BCUT2D eigenvalue weighted by atomic mass is 16.2. The van der Waals surface area contributed by atoms with Crippen molar-refractivity contribution in [2.45, 2.75) is 32.1 Å². The van der Waals surface area contributed by atoms with Gasteiger partial charge in [0.2, 0.25) is 5.56 Å². The summed E-state index contributed by atoms with van der Waals surface area (Å²) < 4.78 is 1.48. The lowest BCUT2D eigenvalue weighted by atomic mass is 9.68. The Bertz CT molecular complexity index is 913. The van der Waals surface area contributed by atoms with Crippen LogP contribution < -0.4 is 5.56 Å². The van der Waals surface area contributed by atoms with Gasteiger partial charge in [0.15, 0.2) is 0 Å². The molecule has 0 radical (unpaired) electrons. The molecule has 1 atom stereocenters. The first-order valence-corrected chi connectivity index (χ1v) is 10.7. The molecule has 1 spiro atoms. The summed E-state index contributed by atoms with van der Waals surface area (Å²) in [5.74, 6) is 0.606. The topological polar surface area (TPSA) is 45.6 Å². The zero-order chi connectivity index (χ0) is 20.4. The number of carbonyl (C=O) groups excluding carboxylic acids is 1. The van der Waals surface area contributed by atoms with Gasteiger partial charge >= 0.3 is 0 Å². The lowest BCUT2D eigenvalue weighted by molar-refractivity contribution is 0.0158. The highest BCUT2D eigenvalue weighted by Crippen LogP contribution is 2.45. The van der Waals surface area contributed by atoms with Crippen molar-refractivity contribution in [3.8, 4) is 0 Å². The minimum absolute atomic E-state index is 0.0400. The van der Waals surface area contributed by atoms with Gasteiger partial charge in [-0.1, -0.05) is 37.3 Å². The van der Waals surface area contributed by atoms with E-state index < -0.39 is 0 Å². The number of hydrogen-bond donors (Lipinski definition) is 0. The van der Waals surface area contributed by atoms with Crippen LogP contribution in [-0.2, 0) is 7.05 Å². The van der Waals surface area contributed by atoms with Gasteiger partial charge in [-0.15, -0.1) is 0 Å². The van der Waals surface area contributed by atoms with Crippen LogP contribution in [0.15, 0.2) is 53.5 Å². The van der Waals surface area contributed by atoms with Crippen molar-refractivity contribution >= 4 is 5.91 Å². The van der Waals surface area contributed by atoms with Gasteiger partial charge in [0.05, 0.1) is 5.56 Å². The lowest BCUT2D eigenvalue weighted by Gasteiger charge is -2.50. The Morgan fingerprint density at radius 2 is 1.83 bits per heavy atom. The Kier molecular flexibility index (Phi) is 5.59. The number of nitrogens with zero attached hydrogens (tertiary/aromatic N) is 3. The monoisotopic (exact) mass is 393 g/mol. The maximum absolute atomic E-state index is 12.9. The molecular formula is C24H31N3O2. The first-order chi connectivity index (χ1) is 14.0. The molecule has 0 aliphatic carbocycles. The van der Waals surface area contributed by atoms with E-state index in [0.29, 0.717) is 11.5 Å². The van der Waals surface area contributed by atoms with E-state index in [1.165, 1.54) is 22.6 Å². The quantitative estimate of drug-likeness (QED) is 0.805. The van der Waals surface area contributed by atoms with E-state index in [0.717, 1.165) is 45.6 Å². The average molecular weight is 394 g/mol. The number of piperidine rings is 2. The van der Waals surface area contributed by atoms with Crippen LogP contribution in [0.2, 0.25) is 0 Å². The van der Waals surface area contributed by atoms with Crippen LogP contribution in [0.25, 0.3) is 0 Å². The van der Waals surface area contributed by atoms with Crippen LogP contribution in [0.1, 0.15) is 48.0 Å². The van der Waals surface area contributed by atoms with E-state index in [4.69, 9.17) is 0 Å². The molecule has 0 unspecified atom stereocenters. The number of likely N-dealkylation sites (N-methyl/N-ethyl adjacent to an activating group) is 1. The Balaban J connectivity index is 1.47. The highest BCUT2D eigenvalue weighted by Gasteiger charge is 2.42. The molecule has 4 rings (SSSR count). The molecule has 2 aromatic rings. The molecule has 154 valence electrons. The second-order valence-electron chi connectivity index (χ2n) is 8.80. The summed E-state index contributed by atoms with van der Waals surface area (Å²) in [6.45, 7) is 7.17. The summed E-state index contributed by atoms with van der Waals surface area (Å²) >= 11 is 0. The molecule has 3 heterocycles. The summed E-state index contributed by atoms with van der Waals surface area (Å²) in [6.07, 6.45) is 4.95. The summed E-state index contributed by atoms with van der Waals surface area (Å²) in [5.41, 5.74) is 2.24. The lowest BCUT2D eigenvalue weighted by Crippen LogP contribution is -2.52. The van der Waals surface area contributed by atoms with Crippen molar-refractivity contribution in [1.82, 2.24) is 14.4 Å². The smallest absolute Gasteiger partial charge is 0.255 e. The van der Waals surface area contributed by atoms with E-state index in [1.54, 1.807) is 19.3 Å². The van der Waals surface area contributed by atoms with Crippen molar-refractivity contribution in [3.05, 3.63) is 70.1 Å². The predicted molar refractivity (Wildman–Crippen MR) is 115 cm³/mol. The maximum Gasteiger partial charge on any atom is 0.255 e. The van der Waals surface area contributed by atoms with Crippen LogP contribution in [0.3, 0.4) is 0 Å². The standard InChI is InChI=1S/C24H31N3O2/c1-3-26-17-21(19-7-5-4-6-8-19)15-24(18-26)11-13-27(14-12-24)23(29)20-9-10-22(28)25(2)16-20/h4-10,16,21H,3,11-15,17-18H2,1-2H3/t21-/m1/s1. The molecule has 2 fully saturated rings. The molecule has 1 aromatic carbocycles. The zero-order valence-corrected chi connectivity index (χ0v) is 17.5. The van der Waals surface area contributed by atoms with Crippen LogP contribution in [0, 0.1) is 5.41 Å². The van der Waals surface area contributed by atoms with Gasteiger partial charge in [-0.05, 0) is 48.8 Å². The molecule has 0 saturated carbocycles. The third-order valence-electron chi connectivity index (χ3n) is 6.88. The number of amides is 1. The van der Waals surface area contributed by atoms with E-state index in [-0.39, 0.29) is 16.9 Å². The van der Waals surface area contributed by atoms with Crippen LogP contribution in [-0.4, -0.2) is 53.0 Å². The van der Waals surface area contributed by atoms with Crippen molar-refractivity contribution in [1.29, 1.82) is 0 Å². The third kappa shape index (κ3) is 4.15. The molecule has 0 bridgehead atoms. The molecule has 2 saturated heterocycles. The fraction of sp³-hybridized carbons (Fsp3) is 0.500. The Labute approximate surface area is 172 Å². The molecule has 29 heavy (non-hydrogen) atoms. The van der Waals surface area contributed by atoms with Crippen LogP contribution in [0.4, 0.5) is 0 Å². The largest absolute Gasteiger partial charge is 0.339 e. The fourth-order valence-electron chi connectivity index (χ4n) is 5.14. The van der Waals surface area contributed by atoms with E-state index in [2.05, 4.69) is 42.2 Å². The number of likely N-dealkylation sites (tertiary alicyclic amines) is 2. The summed E-state index contributed by atoms with van der Waals surface area (Å²) in [4.78, 5) is 29.1. The number of rotatable bonds is 3. The molecule has 1 aromatic heterocycles. The van der Waals surface area contributed by atoms with Crippen molar-refractivity contribution in [2.24, 2.45) is 12.5 Å². The number of pyridine rings is 1. The molecular weight excluding hydrogens is 362 g/mol. The summed E-state index contributed by atoms with van der Waals surface area (Å²) in [5, 5.41) is 0. The van der Waals surface area contributed by atoms with Crippen molar-refractivity contribution < 1.29 is 4.79 Å². The third-order valence-corrected chi connectivity index (χ3v) is 6.88. The predicted octanol–water partition coefficient (Wildman–Crippen LogP) is 3.12. The number of aromatic nitrogens is 1. The van der Waals surface area contributed by atoms with Gasteiger partial charge in [-0.3, -0.25) is 9.59 Å². The molecule has 0 N–H and O–H groups in total. The normalized spacial score (nSPS) is 22.0. The number of hydrogen-bond acceptors (Lipinski definition) is 3.